The standard InChI is InChI=1S/C35H40S3/c1-21-30(19-32(37-21)23-12-14-27(36)15-13-23)28-10-9-11-29(28)31-20-33(38-22(31)2)24-16-25(34(3,4)5)18-26(17-24)35(6,7)8/h12-20,36H,9-11H2,1-8H3. The zero-order valence-corrected chi connectivity index (χ0v) is 26.6. The smallest absolute Gasteiger partial charge is 0.0352 e. The Morgan fingerprint density at radius 1 is 0.605 bits per heavy atom. The lowest BCUT2D eigenvalue weighted by Crippen LogP contribution is -2.16. The van der Waals surface area contributed by atoms with E-state index in [0.717, 1.165) is 4.90 Å². The molecule has 0 spiro atoms. The predicted octanol–water partition coefficient (Wildman–Crippen LogP) is 11.7. The zero-order valence-electron chi connectivity index (χ0n) is 24.1. The van der Waals surface area contributed by atoms with Crippen LogP contribution in [0.4, 0.5) is 0 Å². The number of thiol groups is 1. The molecule has 5 rings (SSSR count). The number of allylic oxidation sites excluding steroid dienone is 2. The molecular weight excluding hydrogens is 517 g/mol. The summed E-state index contributed by atoms with van der Waals surface area (Å²) >= 11 is 8.34. The van der Waals surface area contributed by atoms with Crippen LogP contribution in [0.1, 0.15) is 92.8 Å². The molecule has 0 saturated heterocycles. The Morgan fingerprint density at radius 2 is 1.05 bits per heavy atom. The van der Waals surface area contributed by atoms with Gasteiger partial charge in [0, 0.05) is 24.4 Å². The quantitative estimate of drug-likeness (QED) is 0.237. The zero-order chi connectivity index (χ0) is 27.4. The van der Waals surface area contributed by atoms with Gasteiger partial charge in [-0.3, -0.25) is 0 Å². The van der Waals surface area contributed by atoms with E-state index in [9.17, 15) is 0 Å². The molecule has 4 aromatic rings. The molecule has 0 aliphatic heterocycles. The van der Waals surface area contributed by atoms with Crippen LogP contribution in [0.3, 0.4) is 0 Å². The summed E-state index contributed by atoms with van der Waals surface area (Å²) < 4.78 is 0. The molecule has 2 aromatic carbocycles. The Hall–Kier alpha value is -2.07. The maximum absolute atomic E-state index is 4.47. The second kappa shape index (κ2) is 10.2. The van der Waals surface area contributed by atoms with Gasteiger partial charge < -0.3 is 0 Å². The second-order valence-electron chi connectivity index (χ2n) is 12.8. The molecule has 0 radical (unpaired) electrons. The highest BCUT2D eigenvalue weighted by atomic mass is 32.1. The molecule has 0 amide bonds. The maximum Gasteiger partial charge on any atom is 0.0352 e. The molecule has 0 bridgehead atoms. The van der Waals surface area contributed by atoms with E-state index in [1.807, 2.05) is 22.7 Å². The number of hydrogen-bond acceptors (Lipinski definition) is 3. The molecule has 38 heavy (non-hydrogen) atoms. The lowest BCUT2D eigenvalue weighted by atomic mass is 9.79. The van der Waals surface area contributed by atoms with Crippen LogP contribution in [0.2, 0.25) is 0 Å². The molecule has 198 valence electrons. The van der Waals surface area contributed by atoms with Crippen molar-refractivity contribution in [1.82, 2.24) is 0 Å². The minimum absolute atomic E-state index is 0.119. The van der Waals surface area contributed by atoms with Crippen molar-refractivity contribution in [3.8, 4) is 20.9 Å². The highest BCUT2D eigenvalue weighted by Gasteiger charge is 2.25. The van der Waals surface area contributed by atoms with Gasteiger partial charge in [-0.25, -0.2) is 0 Å². The van der Waals surface area contributed by atoms with E-state index in [4.69, 9.17) is 0 Å². The summed E-state index contributed by atoms with van der Waals surface area (Å²) in [5.41, 5.74) is 11.7. The molecule has 0 fully saturated rings. The average Bonchev–Trinajstić information content (AvgIpc) is 3.56. The Morgan fingerprint density at radius 3 is 1.50 bits per heavy atom. The lowest BCUT2D eigenvalue weighted by Gasteiger charge is -2.26. The molecule has 1 aliphatic rings. The van der Waals surface area contributed by atoms with Crippen molar-refractivity contribution >= 4 is 46.4 Å². The predicted molar refractivity (Wildman–Crippen MR) is 174 cm³/mol. The highest BCUT2D eigenvalue weighted by molar-refractivity contribution is 7.80. The fraction of sp³-hybridized carbons (Fsp3) is 0.371. The number of benzene rings is 2. The molecule has 0 saturated carbocycles. The Labute approximate surface area is 243 Å². The number of rotatable bonds is 4. The SMILES string of the molecule is Cc1sc(-c2ccc(S)cc2)cc1C1=C(c2cc(-c3cc(C(C)(C)C)cc(C(C)(C)C)c3)sc2C)CCC1. The molecular formula is C35H40S3. The second-order valence-corrected chi connectivity index (χ2v) is 15.8. The van der Waals surface area contributed by atoms with E-state index in [-0.39, 0.29) is 10.8 Å². The monoisotopic (exact) mass is 556 g/mol. The van der Waals surface area contributed by atoms with E-state index < -0.39 is 0 Å². The first kappa shape index (κ1) is 27.5. The van der Waals surface area contributed by atoms with Crippen LogP contribution in [-0.2, 0) is 10.8 Å². The Kier molecular flexibility index (Phi) is 7.35. The first-order valence-electron chi connectivity index (χ1n) is 13.7. The summed E-state index contributed by atoms with van der Waals surface area (Å²) in [4.78, 5) is 6.60. The topological polar surface area (TPSA) is 0 Å². The van der Waals surface area contributed by atoms with Gasteiger partial charge in [0.05, 0.1) is 0 Å². The molecule has 3 heteroatoms. The van der Waals surface area contributed by atoms with Crippen LogP contribution in [0.15, 0.2) is 59.5 Å². The summed E-state index contributed by atoms with van der Waals surface area (Å²) in [5, 5.41) is 0. The molecule has 1 aliphatic carbocycles. The lowest BCUT2D eigenvalue weighted by molar-refractivity contribution is 0.569. The summed E-state index contributed by atoms with van der Waals surface area (Å²) in [6.45, 7) is 18.5. The summed E-state index contributed by atoms with van der Waals surface area (Å²) in [6, 6.07) is 20.7. The van der Waals surface area contributed by atoms with E-state index in [1.54, 1.807) is 11.1 Å². The van der Waals surface area contributed by atoms with Crippen molar-refractivity contribution in [1.29, 1.82) is 0 Å². The van der Waals surface area contributed by atoms with Crippen LogP contribution < -0.4 is 0 Å². The van der Waals surface area contributed by atoms with Gasteiger partial charge in [0.1, 0.15) is 0 Å². The van der Waals surface area contributed by atoms with Gasteiger partial charge in [0.2, 0.25) is 0 Å². The van der Waals surface area contributed by atoms with Crippen molar-refractivity contribution in [2.24, 2.45) is 0 Å². The van der Waals surface area contributed by atoms with Gasteiger partial charge in [-0.05, 0) is 125 Å². The minimum Gasteiger partial charge on any atom is -0.143 e. The molecule has 0 atom stereocenters. The number of thiophene rings is 2. The Balaban J connectivity index is 1.58. The van der Waals surface area contributed by atoms with E-state index >= 15 is 0 Å². The normalized spacial score (nSPS) is 14.6. The van der Waals surface area contributed by atoms with Crippen LogP contribution in [0.25, 0.3) is 32.0 Å². The van der Waals surface area contributed by atoms with Crippen LogP contribution in [0.5, 0.6) is 0 Å². The van der Waals surface area contributed by atoms with Crippen LogP contribution in [-0.4, -0.2) is 0 Å². The van der Waals surface area contributed by atoms with Crippen molar-refractivity contribution < 1.29 is 0 Å². The highest BCUT2D eigenvalue weighted by Crippen LogP contribution is 2.47. The molecule has 0 unspecified atom stereocenters. The maximum atomic E-state index is 4.47. The van der Waals surface area contributed by atoms with Crippen LogP contribution in [0, 0.1) is 13.8 Å². The van der Waals surface area contributed by atoms with Crippen molar-refractivity contribution in [2.45, 2.75) is 90.4 Å². The first-order valence-corrected chi connectivity index (χ1v) is 15.8. The van der Waals surface area contributed by atoms with Gasteiger partial charge in [-0.2, -0.15) is 0 Å². The minimum atomic E-state index is 0.119. The largest absolute Gasteiger partial charge is 0.143 e. The summed E-state index contributed by atoms with van der Waals surface area (Å²) in [6.07, 6.45) is 3.57. The van der Waals surface area contributed by atoms with Crippen molar-refractivity contribution in [3.05, 3.63) is 86.6 Å². The van der Waals surface area contributed by atoms with Gasteiger partial charge in [0.15, 0.2) is 0 Å². The van der Waals surface area contributed by atoms with Gasteiger partial charge in [-0.15, -0.1) is 35.3 Å². The third kappa shape index (κ3) is 5.48. The third-order valence-corrected chi connectivity index (χ3v) is 10.3. The van der Waals surface area contributed by atoms with Crippen molar-refractivity contribution in [2.75, 3.05) is 0 Å². The van der Waals surface area contributed by atoms with Gasteiger partial charge in [-0.1, -0.05) is 59.7 Å². The van der Waals surface area contributed by atoms with E-state index in [0.29, 0.717) is 0 Å². The summed E-state index contributed by atoms with van der Waals surface area (Å²) in [5.74, 6) is 0. The van der Waals surface area contributed by atoms with Crippen molar-refractivity contribution in [3.63, 3.8) is 0 Å². The van der Waals surface area contributed by atoms with Crippen LogP contribution >= 0.6 is 35.3 Å². The fourth-order valence-corrected chi connectivity index (χ4v) is 7.68. The van der Waals surface area contributed by atoms with Gasteiger partial charge >= 0.3 is 0 Å². The number of hydrogen-bond donors (Lipinski definition) is 1. The molecule has 2 heterocycles. The third-order valence-electron chi connectivity index (χ3n) is 7.81. The van der Waals surface area contributed by atoms with E-state index in [1.165, 1.54) is 72.2 Å². The molecule has 0 nitrogen and oxygen atoms in total. The molecule has 2 aromatic heterocycles. The van der Waals surface area contributed by atoms with E-state index in [2.05, 4.69) is 123 Å². The Bertz CT molecular complexity index is 1480. The fourth-order valence-electron chi connectivity index (χ4n) is 5.45. The number of aryl methyl sites for hydroxylation is 2. The average molecular weight is 557 g/mol. The summed E-state index contributed by atoms with van der Waals surface area (Å²) in [7, 11) is 0. The first-order chi connectivity index (χ1) is 17.8. The molecule has 0 N–H and O–H groups in total. The van der Waals surface area contributed by atoms with Gasteiger partial charge in [0.25, 0.3) is 0 Å².